The van der Waals surface area contributed by atoms with E-state index in [1.807, 2.05) is 0 Å². The number of amides is 2. The van der Waals surface area contributed by atoms with Gasteiger partial charge in [-0.25, -0.2) is 4.79 Å². The lowest BCUT2D eigenvalue weighted by Crippen LogP contribution is -2.51. The van der Waals surface area contributed by atoms with E-state index in [1.54, 1.807) is 11.8 Å². The first-order chi connectivity index (χ1) is 10.8. The van der Waals surface area contributed by atoms with Gasteiger partial charge in [0.2, 0.25) is 0 Å². The van der Waals surface area contributed by atoms with E-state index in [0.717, 1.165) is 12.8 Å². The lowest BCUT2D eigenvalue weighted by Gasteiger charge is -2.24. The topological polar surface area (TPSA) is 79.8 Å². The summed E-state index contributed by atoms with van der Waals surface area (Å²) >= 11 is 1.68. The molecule has 0 unspecified atom stereocenters. The second-order valence-electron chi connectivity index (χ2n) is 6.29. The Labute approximate surface area is 135 Å². The van der Waals surface area contributed by atoms with Crippen molar-refractivity contribution in [2.24, 2.45) is 0 Å². The summed E-state index contributed by atoms with van der Waals surface area (Å²) in [5.74, 6) is 0.695. The second-order valence-corrected chi connectivity index (χ2v) is 7.64. The van der Waals surface area contributed by atoms with Gasteiger partial charge in [0.25, 0.3) is 0 Å². The first-order valence-electron chi connectivity index (χ1n) is 8.30. The Kier molecular flexibility index (Phi) is 5.84. The molecular formula is C15H26N2O4S. The molecule has 3 fully saturated rings. The van der Waals surface area contributed by atoms with Crippen LogP contribution < -0.4 is 10.6 Å². The van der Waals surface area contributed by atoms with Crippen LogP contribution in [-0.2, 0) is 9.47 Å². The van der Waals surface area contributed by atoms with E-state index >= 15 is 0 Å². The number of urea groups is 1. The highest BCUT2D eigenvalue weighted by Crippen LogP contribution is 2.33. The molecule has 0 aromatic rings. The quantitative estimate of drug-likeness (QED) is 0.697. The van der Waals surface area contributed by atoms with Gasteiger partial charge in [0.1, 0.15) is 6.10 Å². The Morgan fingerprint density at radius 1 is 1.09 bits per heavy atom. The Morgan fingerprint density at radius 2 is 1.86 bits per heavy atom. The molecule has 0 aromatic carbocycles. The van der Waals surface area contributed by atoms with Crippen molar-refractivity contribution in [3.63, 3.8) is 0 Å². The number of hydrogen-bond acceptors (Lipinski definition) is 5. The number of thioether (sulfide) groups is 1. The van der Waals surface area contributed by atoms with Gasteiger partial charge in [-0.15, -0.1) is 0 Å². The van der Waals surface area contributed by atoms with Crippen LogP contribution in [0.5, 0.6) is 0 Å². The van der Waals surface area contributed by atoms with Crippen LogP contribution in [0, 0.1) is 0 Å². The summed E-state index contributed by atoms with van der Waals surface area (Å²) < 4.78 is 11.6. The molecule has 6 nitrogen and oxygen atoms in total. The van der Waals surface area contributed by atoms with Gasteiger partial charge in [0.15, 0.2) is 0 Å². The maximum absolute atomic E-state index is 12.1. The van der Waals surface area contributed by atoms with Crippen molar-refractivity contribution in [3.05, 3.63) is 0 Å². The Morgan fingerprint density at radius 3 is 2.64 bits per heavy atom. The molecule has 126 valence electrons. The SMILES string of the molecule is O=C(NC1CCCCC1)N[C@H]1CO[C@H]2[C@@H]1OC[C@@H]2SCCO. The second kappa shape index (κ2) is 7.86. The minimum Gasteiger partial charge on any atom is -0.396 e. The maximum Gasteiger partial charge on any atom is 0.315 e. The monoisotopic (exact) mass is 330 g/mol. The van der Waals surface area contributed by atoms with Crippen molar-refractivity contribution in [1.82, 2.24) is 10.6 Å². The number of rotatable bonds is 5. The zero-order chi connectivity index (χ0) is 15.4. The van der Waals surface area contributed by atoms with E-state index in [2.05, 4.69) is 10.6 Å². The summed E-state index contributed by atoms with van der Waals surface area (Å²) in [6, 6.07) is 0.133. The van der Waals surface area contributed by atoms with Crippen LogP contribution in [-0.4, -0.2) is 66.3 Å². The largest absolute Gasteiger partial charge is 0.396 e. The molecule has 2 saturated heterocycles. The van der Waals surface area contributed by atoms with Crippen molar-refractivity contribution in [2.45, 2.75) is 61.6 Å². The molecule has 4 atom stereocenters. The molecule has 2 heterocycles. The van der Waals surface area contributed by atoms with Crippen molar-refractivity contribution >= 4 is 17.8 Å². The van der Waals surface area contributed by atoms with E-state index in [9.17, 15) is 4.79 Å². The van der Waals surface area contributed by atoms with Crippen LogP contribution in [0.3, 0.4) is 0 Å². The Balaban J connectivity index is 1.44. The number of aliphatic hydroxyl groups excluding tert-OH is 1. The van der Waals surface area contributed by atoms with Crippen LogP contribution in [0.25, 0.3) is 0 Å². The van der Waals surface area contributed by atoms with Crippen LogP contribution in [0.2, 0.25) is 0 Å². The zero-order valence-electron chi connectivity index (χ0n) is 12.8. The highest BCUT2D eigenvalue weighted by molar-refractivity contribution is 8.00. The van der Waals surface area contributed by atoms with E-state index < -0.39 is 0 Å². The Hall–Kier alpha value is -0.500. The first-order valence-corrected chi connectivity index (χ1v) is 9.35. The van der Waals surface area contributed by atoms with E-state index in [0.29, 0.717) is 25.0 Å². The maximum atomic E-state index is 12.1. The van der Waals surface area contributed by atoms with Gasteiger partial charge < -0.3 is 25.2 Å². The summed E-state index contributed by atoms with van der Waals surface area (Å²) in [5, 5.41) is 15.3. The minimum absolute atomic E-state index is 0.0246. The zero-order valence-corrected chi connectivity index (χ0v) is 13.6. The molecular weight excluding hydrogens is 304 g/mol. The van der Waals surface area contributed by atoms with Gasteiger partial charge >= 0.3 is 6.03 Å². The lowest BCUT2D eigenvalue weighted by atomic mass is 9.96. The molecule has 0 bridgehead atoms. The smallest absolute Gasteiger partial charge is 0.315 e. The number of ether oxygens (including phenoxy) is 2. The van der Waals surface area contributed by atoms with Crippen LogP contribution in [0.4, 0.5) is 4.79 Å². The molecule has 22 heavy (non-hydrogen) atoms. The van der Waals surface area contributed by atoms with Crippen molar-refractivity contribution in [1.29, 1.82) is 0 Å². The average Bonchev–Trinajstić information content (AvgIpc) is 3.09. The van der Waals surface area contributed by atoms with E-state index in [1.165, 1.54) is 19.3 Å². The van der Waals surface area contributed by atoms with Crippen molar-refractivity contribution in [2.75, 3.05) is 25.6 Å². The fourth-order valence-electron chi connectivity index (χ4n) is 3.58. The molecule has 3 aliphatic rings. The van der Waals surface area contributed by atoms with Gasteiger partial charge in [-0.2, -0.15) is 11.8 Å². The molecule has 1 saturated carbocycles. The molecule has 0 aromatic heterocycles. The van der Waals surface area contributed by atoms with E-state index in [-0.39, 0.29) is 36.1 Å². The number of nitrogens with one attached hydrogen (secondary N) is 2. The molecule has 3 rings (SSSR count). The number of carbonyl (C=O) groups is 1. The minimum atomic E-state index is -0.101. The highest BCUT2D eigenvalue weighted by Gasteiger charge is 2.48. The molecule has 7 heteroatoms. The highest BCUT2D eigenvalue weighted by atomic mass is 32.2. The number of carbonyl (C=O) groups excluding carboxylic acids is 1. The third kappa shape index (κ3) is 3.88. The van der Waals surface area contributed by atoms with Gasteiger partial charge in [-0.05, 0) is 12.8 Å². The van der Waals surface area contributed by atoms with Crippen LogP contribution >= 0.6 is 11.8 Å². The number of hydrogen-bond donors (Lipinski definition) is 3. The third-order valence-electron chi connectivity index (χ3n) is 4.69. The normalized spacial score (nSPS) is 35.3. The standard InChI is InChI=1S/C15H26N2O4S/c18-6-7-22-12-9-21-13-11(8-20-14(12)13)17-15(19)16-10-4-2-1-3-5-10/h10-14,18H,1-9H2,(H2,16,17,19)/t11-,12-,13+,14+/m0/s1. The van der Waals surface area contributed by atoms with Gasteiger partial charge in [0.05, 0.1) is 37.2 Å². The predicted molar refractivity (Wildman–Crippen MR) is 85.1 cm³/mol. The predicted octanol–water partition coefficient (Wildman–Crippen LogP) is 0.879. The molecule has 0 spiro atoms. The fourth-order valence-corrected chi connectivity index (χ4v) is 4.58. The molecule has 2 aliphatic heterocycles. The molecule has 3 N–H and O–H groups in total. The first kappa shape index (κ1) is 16.4. The summed E-state index contributed by atoms with van der Waals surface area (Å²) in [5.41, 5.74) is 0. The van der Waals surface area contributed by atoms with Gasteiger partial charge in [0, 0.05) is 11.8 Å². The lowest BCUT2D eigenvalue weighted by molar-refractivity contribution is 0.0693. The van der Waals surface area contributed by atoms with Crippen molar-refractivity contribution < 1.29 is 19.4 Å². The number of aliphatic hydroxyl groups is 1. The molecule has 0 radical (unpaired) electrons. The van der Waals surface area contributed by atoms with Gasteiger partial charge in [-0.3, -0.25) is 0 Å². The third-order valence-corrected chi connectivity index (χ3v) is 5.94. The summed E-state index contributed by atoms with van der Waals surface area (Å²) in [4.78, 5) is 12.1. The summed E-state index contributed by atoms with van der Waals surface area (Å²) in [6.45, 7) is 1.30. The van der Waals surface area contributed by atoms with Crippen molar-refractivity contribution in [3.8, 4) is 0 Å². The summed E-state index contributed by atoms with van der Waals surface area (Å²) in [7, 11) is 0. The van der Waals surface area contributed by atoms with Crippen LogP contribution in [0.1, 0.15) is 32.1 Å². The van der Waals surface area contributed by atoms with Gasteiger partial charge in [-0.1, -0.05) is 19.3 Å². The van der Waals surface area contributed by atoms with Crippen LogP contribution in [0.15, 0.2) is 0 Å². The van der Waals surface area contributed by atoms with E-state index in [4.69, 9.17) is 14.6 Å². The molecule has 1 aliphatic carbocycles. The Bertz CT molecular complexity index is 379. The fraction of sp³-hybridized carbons (Fsp3) is 0.933. The average molecular weight is 330 g/mol. The summed E-state index contributed by atoms with van der Waals surface area (Å²) in [6.07, 6.45) is 5.81. The molecule has 2 amide bonds. The number of fused-ring (bicyclic) bond motifs is 1.